The van der Waals surface area contributed by atoms with E-state index in [2.05, 4.69) is 23.1 Å². The summed E-state index contributed by atoms with van der Waals surface area (Å²) in [5, 5.41) is 0. The van der Waals surface area contributed by atoms with Crippen molar-refractivity contribution >= 4 is 36.6 Å². The maximum atomic E-state index is 5.84. The highest BCUT2D eigenvalue weighted by atomic mass is 35.5. The maximum Gasteiger partial charge on any atom is 0.0317 e. The molecule has 1 fully saturated rings. The molecule has 0 amide bonds. The minimum atomic E-state index is 0. The number of benzene rings is 1. The van der Waals surface area contributed by atoms with E-state index in [0.717, 1.165) is 12.1 Å². The number of likely N-dealkylation sites (tertiary alicyclic amines) is 1. The van der Waals surface area contributed by atoms with Crippen molar-refractivity contribution in [2.75, 3.05) is 25.4 Å². The summed E-state index contributed by atoms with van der Waals surface area (Å²) in [6.07, 6.45) is 8.90. The van der Waals surface area contributed by atoms with Gasteiger partial charge in [-0.25, -0.2) is 0 Å². The van der Waals surface area contributed by atoms with Gasteiger partial charge in [-0.1, -0.05) is 24.1 Å². The fraction of sp³-hybridized carbons (Fsp3) is 0.500. The SMILES string of the molecule is Cl.Cl.Nc1ccc2c(c1)CCC(CN1CCCCC1)=C2. The molecule has 1 aromatic rings. The third-order valence-electron chi connectivity index (χ3n) is 4.12. The summed E-state index contributed by atoms with van der Waals surface area (Å²) in [5.74, 6) is 0. The summed E-state index contributed by atoms with van der Waals surface area (Å²) in [6.45, 7) is 3.74. The minimum Gasteiger partial charge on any atom is -0.399 e. The van der Waals surface area contributed by atoms with Crippen molar-refractivity contribution < 1.29 is 0 Å². The zero-order valence-corrected chi connectivity index (χ0v) is 13.4. The first-order chi connectivity index (χ1) is 8.81. The van der Waals surface area contributed by atoms with Gasteiger partial charge in [0.25, 0.3) is 0 Å². The Morgan fingerprint density at radius 3 is 2.50 bits per heavy atom. The highest BCUT2D eigenvalue weighted by Gasteiger charge is 2.15. The summed E-state index contributed by atoms with van der Waals surface area (Å²) in [5.41, 5.74) is 11.1. The van der Waals surface area contributed by atoms with Crippen LogP contribution in [0.2, 0.25) is 0 Å². The number of fused-ring (bicyclic) bond motifs is 1. The van der Waals surface area contributed by atoms with Crippen LogP contribution >= 0.6 is 24.8 Å². The fourth-order valence-corrected chi connectivity index (χ4v) is 3.10. The van der Waals surface area contributed by atoms with Gasteiger partial charge in [0.15, 0.2) is 0 Å². The molecule has 3 rings (SSSR count). The highest BCUT2D eigenvalue weighted by molar-refractivity contribution is 5.85. The molecule has 1 aliphatic carbocycles. The quantitative estimate of drug-likeness (QED) is 0.838. The first kappa shape index (κ1) is 17.4. The fourth-order valence-electron chi connectivity index (χ4n) is 3.10. The Kier molecular flexibility index (Phi) is 6.87. The van der Waals surface area contributed by atoms with Crippen molar-refractivity contribution in [2.24, 2.45) is 0 Å². The van der Waals surface area contributed by atoms with Crippen LogP contribution in [-0.4, -0.2) is 24.5 Å². The first-order valence-corrected chi connectivity index (χ1v) is 7.11. The van der Waals surface area contributed by atoms with Crippen LogP contribution in [0.15, 0.2) is 23.8 Å². The van der Waals surface area contributed by atoms with Crippen molar-refractivity contribution in [2.45, 2.75) is 32.1 Å². The second-order valence-corrected chi connectivity index (χ2v) is 5.60. The molecule has 0 aromatic heterocycles. The summed E-state index contributed by atoms with van der Waals surface area (Å²) in [6, 6.07) is 6.31. The van der Waals surface area contributed by atoms with Gasteiger partial charge in [0, 0.05) is 12.2 Å². The maximum absolute atomic E-state index is 5.84. The summed E-state index contributed by atoms with van der Waals surface area (Å²) in [7, 11) is 0. The number of anilines is 1. The molecule has 1 aromatic carbocycles. The Morgan fingerprint density at radius 1 is 1.00 bits per heavy atom. The topological polar surface area (TPSA) is 29.3 Å². The average molecular weight is 315 g/mol. The Balaban J connectivity index is 0.000001000. The number of aryl methyl sites for hydroxylation is 1. The standard InChI is InChI=1S/C16H22N2.2ClH/c17-16-7-6-14-10-13(4-5-15(14)11-16)12-18-8-2-1-3-9-18;;/h6-7,10-11H,1-5,8-9,12,17H2;2*1H. The molecule has 1 heterocycles. The molecule has 0 bridgehead atoms. The van der Waals surface area contributed by atoms with Crippen molar-refractivity contribution in [3.05, 3.63) is 34.9 Å². The molecule has 112 valence electrons. The van der Waals surface area contributed by atoms with Crippen LogP contribution in [-0.2, 0) is 6.42 Å². The highest BCUT2D eigenvalue weighted by Crippen LogP contribution is 2.26. The molecule has 1 aliphatic heterocycles. The number of rotatable bonds is 2. The number of hydrogen-bond acceptors (Lipinski definition) is 2. The van der Waals surface area contributed by atoms with Gasteiger partial charge in [-0.05, 0) is 62.0 Å². The molecule has 2 aliphatic rings. The number of hydrogen-bond donors (Lipinski definition) is 1. The smallest absolute Gasteiger partial charge is 0.0317 e. The lowest BCUT2D eigenvalue weighted by Crippen LogP contribution is -2.31. The van der Waals surface area contributed by atoms with Crippen LogP contribution in [0.25, 0.3) is 6.08 Å². The number of nitrogen functional groups attached to an aromatic ring is 1. The average Bonchev–Trinajstić information content (AvgIpc) is 2.40. The molecule has 4 heteroatoms. The van der Waals surface area contributed by atoms with E-state index >= 15 is 0 Å². The van der Waals surface area contributed by atoms with Crippen LogP contribution in [0.5, 0.6) is 0 Å². The number of nitrogens with zero attached hydrogens (tertiary/aromatic N) is 1. The zero-order valence-electron chi connectivity index (χ0n) is 11.8. The van der Waals surface area contributed by atoms with Crippen LogP contribution in [0.3, 0.4) is 0 Å². The summed E-state index contributed by atoms with van der Waals surface area (Å²) < 4.78 is 0. The lowest BCUT2D eigenvalue weighted by Gasteiger charge is -2.28. The van der Waals surface area contributed by atoms with Gasteiger partial charge in [0.2, 0.25) is 0 Å². The number of halogens is 2. The van der Waals surface area contributed by atoms with Crippen LogP contribution in [0.4, 0.5) is 5.69 Å². The molecule has 20 heavy (non-hydrogen) atoms. The van der Waals surface area contributed by atoms with Crippen molar-refractivity contribution in [1.29, 1.82) is 0 Å². The van der Waals surface area contributed by atoms with Crippen LogP contribution < -0.4 is 5.73 Å². The third-order valence-corrected chi connectivity index (χ3v) is 4.12. The van der Waals surface area contributed by atoms with E-state index in [1.165, 1.54) is 56.4 Å². The summed E-state index contributed by atoms with van der Waals surface area (Å²) >= 11 is 0. The van der Waals surface area contributed by atoms with E-state index in [4.69, 9.17) is 5.73 Å². The predicted octanol–water partition coefficient (Wildman–Crippen LogP) is 3.93. The molecule has 1 saturated heterocycles. The van der Waals surface area contributed by atoms with E-state index in [0.29, 0.717) is 0 Å². The van der Waals surface area contributed by atoms with E-state index in [-0.39, 0.29) is 24.8 Å². The molecule has 0 radical (unpaired) electrons. The van der Waals surface area contributed by atoms with E-state index < -0.39 is 0 Å². The molecule has 2 N–H and O–H groups in total. The van der Waals surface area contributed by atoms with Crippen LogP contribution in [0, 0.1) is 0 Å². The molecule has 2 nitrogen and oxygen atoms in total. The van der Waals surface area contributed by atoms with Crippen molar-refractivity contribution in [3.8, 4) is 0 Å². The Hall–Kier alpha value is -0.700. The molecular weight excluding hydrogens is 291 g/mol. The number of nitrogens with two attached hydrogens (primary N) is 1. The molecular formula is C16H24Cl2N2. The van der Waals surface area contributed by atoms with Gasteiger partial charge in [-0.15, -0.1) is 24.8 Å². The minimum absolute atomic E-state index is 0. The van der Waals surface area contributed by atoms with Gasteiger partial charge in [-0.3, -0.25) is 4.90 Å². The van der Waals surface area contributed by atoms with Gasteiger partial charge in [0.1, 0.15) is 0 Å². The predicted molar refractivity (Wildman–Crippen MR) is 91.9 cm³/mol. The Labute approximate surface area is 134 Å². The first-order valence-electron chi connectivity index (χ1n) is 7.11. The largest absolute Gasteiger partial charge is 0.399 e. The van der Waals surface area contributed by atoms with Crippen molar-refractivity contribution in [3.63, 3.8) is 0 Å². The van der Waals surface area contributed by atoms with Crippen LogP contribution in [0.1, 0.15) is 36.8 Å². The molecule has 0 unspecified atom stereocenters. The van der Waals surface area contributed by atoms with Gasteiger partial charge in [-0.2, -0.15) is 0 Å². The normalized spacial score (nSPS) is 18.3. The lowest BCUT2D eigenvalue weighted by atomic mass is 9.91. The molecule has 0 saturated carbocycles. The van der Waals surface area contributed by atoms with Gasteiger partial charge < -0.3 is 5.73 Å². The molecule has 0 atom stereocenters. The molecule has 0 spiro atoms. The summed E-state index contributed by atoms with van der Waals surface area (Å²) in [4.78, 5) is 2.61. The van der Waals surface area contributed by atoms with Gasteiger partial charge >= 0.3 is 0 Å². The van der Waals surface area contributed by atoms with Crippen molar-refractivity contribution in [1.82, 2.24) is 4.90 Å². The Bertz CT molecular complexity index is 466. The monoisotopic (exact) mass is 314 g/mol. The number of piperidine rings is 1. The van der Waals surface area contributed by atoms with Gasteiger partial charge in [0.05, 0.1) is 0 Å². The second-order valence-electron chi connectivity index (χ2n) is 5.60. The van der Waals surface area contributed by atoms with E-state index in [1.807, 2.05) is 6.07 Å². The zero-order chi connectivity index (χ0) is 12.4. The van der Waals surface area contributed by atoms with E-state index in [9.17, 15) is 0 Å². The third kappa shape index (κ3) is 4.15. The lowest BCUT2D eigenvalue weighted by molar-refractivity contribution is 0.245. The van der Waals surface area contributed by atoms with E-state index in [1.54, 1.807) is 5.57 Å². The second kappa shape index (κ2) is 7.92. The Morgan fingerprint density at radius 2 is 1.75 bits per heavy atom.